The fourth-order valence-corrected chi connectivity index (χ4v) is 4.74. The molecule has 4 rings (SSSR count). The van der Waals surface area contributed by atoms with E-state index in [1.54, 1.807) is 36.4 Å². The van der Waals surface area contributed by atoms with E-state index in [1.807, 2.05) is 13.0 Å². The molecule has 0 aliphatic carbocycles. The van der Waals surface area contributed by atoms with Crippen molar-refractivity contribution in [3.63, 3.8) is 0 Å². The highest BCUT2D eigenvalue weighted by molar-refractivity contribution is 6.00. The van der Waals surface area contributed by atoms with E-state index >= 15 is 0 Å². The molecule has 0 aromatic heterocycles. The van der Waals surface area contributed by atoms with Crippen LogP contribution < -0.4 is 15.4 Å². The maximum absolute atomic E-state index is 13.9. The first-order valence-electron chi connectivity index (χ1n) is 13.0. The first-order valence-corrected chi connectivity index (χ1v) is 13.0. The summed E-state index contributed by atoms with van der Waals surface area (Å²) in [4.78, 5) is 55.3. The Morgan fingerprint density at radius 1 is 1.00 bits per heavy atom. The molecule has 0 bridgehead atoms. The topological polar surface area (TPSA) is 128 Å². The van der Waals surface area contributed by atoms with Crippen molar-refractivity contribution in [2.75, 3.05) is 25.5 Å². The summed E-state index contributed by atoms with van der Waals surface area (Å²) in [6.45, 7) is 2.16. The van der Waals surface area contributed by atoms with E-state index in [0.717, 1.165) is 5.56 Å². The van der Waals surface area contributed by atoms with Crippen LogP contribution in [0.4, 0.5) is 14.9 Å². The second-order valence-electron chi connectivity index (χ2n) is 9.66. The summed E-state index contributed by atoms with van der Waals surface area (Å²) >= 11 is 0. The summed E-state index contributed by atoms with van der Waals surface area (Å²) in [5.41, 5.74) is 2.00. The zero-order chi connectivity index (χ0) is 29.5. The van der Waals surface area contributed by atoms with Gasteiger partial charge in [-0.2, -0.15) is 0 Å². The molecule has 0 saturated carbocycles. The Morgan fingerprint density at radius 3 is 2.39 bits per heavy atom. The van der Waals surface area contributed by atoms with Crippen LogP contribution in [-0.4, -0.2) is 65.1 Å². The first kappa shape index (κ1) is 29.1. The number of amides is 4. The summed E-state index contributed by atoms with van der Waals surface area (Å²) in [6.07, 6.45) is -1.43. The molecule has 0 radical (unpaired) electrons. The van der Waals surface area contributed by atoms with Crippen LogP contribution in [-0.2, 0) is 9.59 Å². The Morgan fingerprint density at radius 2 is 1.71 bits per heavy atom. The standard InChI is InChI=1S/C30H31FN4O6/c1-19-6-3-7-20(16-19)25(18-26(36)37)33-27(38)28-34(29(39)21-8-4-9-24(17-21)41-2)14-5-15-35(28)30(40)32-23-12-10-22(31)11-13-23/h3-4,6-13,16-17,25,28H,5,14-15,18H2,1-2H3,(H,32,40)(H,33,38)(H,36,37). The van der Waals surface area contributed by atoms with Crippen molar-refractivity contribution in [3.8, 4) is 5.75 Å². The number of aryl methyl sites for hydroxylation is 1. The second kappa shape index (κ2) is 12.9. The highest BCUT2D eigenvalue weighted by atomic mass is 19.1. The van der Waals surface area contributed by atoms with Crippen molar-refractivity contribution < 1.29 is 33.4 Å². The van der Waals surface area contributed by atoms with Gasteiger partial charge in [0.1, 0.15) is 11.6 Å². The zero-order valence-electron chi connectivity index (χ0n) is 22.7. The molecule has 0 spiro atoms. The molecule has 1 heterocycles. The van der Waals surface area contributed by atoms with Gasteiger partial charge in [0.15, 0.2) is 6.17 Å². The fraction of sp³-hybridized carbons (Fsp3) is 0.267. The highest BCUT2D eigenvalue weighted by Gasteiger charge is 2.41. The molecule has 1 saturated heterocycles. The van der Waals surface area contributed by atoms with Gasteiger partial charge in [-0.15, -0.1) is 0 Å². The van der Waals surface area contributed by atoms with Gasteiger partial charge < -0.3 is 25.4 Å². The van der Waals surface area contributed by atoms with Gasteiger partial charge in [-0.05, 0) is 61.4 Å². The van der Waals surface area contributed by atoms with Crippen molar-refractivity contribution >= 4 is 29.5 Å². The number of nitrogens with one attached hydrogen (secondary N) is 2. The van der Waals surface area contributed by atoms with Gasteiger partial charge in [-0.25, -0.2) is 9.18 Å². The molecule has 3 aromatic carbocycles. The Balaban J connectivity index is 1.69. The summed E-state index contributed by atoms with van der Waals surface area (Å²) < 4.78 is 18.6. The van der Waals surface area contributed by atoms with Crippen LogP contribution in [0.15, 0.2) is 72.8 Å². The molecule has 2 atom stereocenters. The molecule has 1 aliphatic heterocycles. The third kappa shape index (κ3) is 7.18. The number of benzene rings is 3. The van der Waals surface area contributed by atoms with E-state index in [2.05, 4.69) is 10.6 Å². The summed E-state index contributed by atoms with van der Waals surface area (Å²) in [5.74, 6) is -2.39. The number of anilines is 1. The average molecular weight is 563 g/mol. The molecule has 2 unspecified atom stereocenters. The van der Waals surface area contributed by atoms with Gasteiger partial charge >= 0.3 is 12.0 Å². The molecule has 1 fully saturated rings. The van der Waals surface area contributed by atoms with Crippen molar-refractivity contribution in [2.24, 2.45) is 0 Å². The van der Waals surface area contributed by atoms with Gasteiger partial charge in [-0.1, -0.05) is 35.9 Å². The summed E-state index contributed by atoms with van der Waals surface area (Å²) in [7, 11) is 1.47. The number of ether oxygens (including phenoxy) is 1. The first-order chi connectivity index (χ1) is 19.7. The maximum atomic E-state index is 13.9. The van der Waals surface area contributed by atoms with Crippen LogP contribution in [0.1, 0.15) is 40.4 Å². The predicted molar refractivity (Wildman–Crippen MR) is 149 cm³/mol. The van der Waals surface area contributed by atoms with Crippen LogP contribution in [0.5, 0.6) is 5.75 Å². The quantitative estimate of drug-likeness (QED) is 0.378. The van der Waals surface area contributed by atoms with E-state index in [0.29, 0.717) is 23.4 Å². The lowest BCUT2D eigenvalue weighted by molar-refractivity contribution is -0.138. The number of carboxylic acid groups (broad SMARTS) is 1. The van der Waals surface area contributed by atoms with Crippen molar-refractivity contribution in [3.05, 3.63) is 95.3 Å². The Bertz CT molecular complexity index is 1430. The van der Waals surface area contributed by atoms with E-state index in [1.165, 1.54) is 47.2 Å². The number of carbonyl (C=O) groups is 4. The molecule has 41 heavy (non-hydrogen) atoms. The lowest BCUT2D eigenvalue weighted by atomic mass is 10.0. The van der Waals surface area contributed by atoms with Crippen molar-refractivity contribution in [1.29, 1.82) is 0 Å². The highest BCUT2D eigenvalue weighted by Crippen LogP contribution is 2.24. The minimum atomic E-state index is -1.40. The Labute approximate surface area is 236 Å². The molecule has 4 amide bonds. The molecule has 1 aliphatic rings. The van der Waals surface area contributed by atoms with Gasteiger partial charge in [0.05, 0.1) is 19.6 Å². The molecule has 3 aromatic rings. The van der Waals surface area contributed by atoms with Crippen molar-refractivity contribution in [1.82, 2.24) is 15.1 Å². The van der Waals surface area contributed by atoms with Gasteiger partial charge in [0.2, 0.25) is 0 Å². The smallest absolute Gasteiger partial charge is 0.323 e. The molecule has 214 valence electrons. The number of methoxy groups -OCH3 is 1. The number of hydrogen-bond donors (Lipinski definition) is 3. The largest absolute Gasteiger partial charge is 0.497 e. The third-order valence-corrected chi connectivity index (χ3v) is 6.70. The second-order valence-corrected chi connectivity index (χ2v) is 9.66. The van der Waals surface area contributed by atoms with Crippen molar-refractivity contribution in [2.45, 2.75) is 32.0 Å². The predicted octanol–water partition coefficient (Wildman–Crippen LogP) is 4.18. The molecular formula is C30H31FN4O6. The van der Waals surface area contributed by atoms with E-state index in [9.17, 15) is 28.7 Å². The number of urea groups is 1. The Kier molecular flexibility index (Phi) is 9.18. The lowest BCUT2D eigenvalue weighted by Crippen LogP contribution is -2.64. The number of nitrogens with zero attached hydrogens (tertiary/aromatic N) is 2. The number of rotatable bonds is 8. The normalized spacial score (nSPS) is 15.5. The number of hydrogen-bond acceptors (Lipinski definition) is 5. The zero-order valence-corrected chi connectivity index (χ0v) is 22.7. The van der Waals surface area contributed by atoms with Crippen LogP contribution in [0.25, 0.3) is 0 Å². The molecular weight excluding hydrogens is 531 g/mol. The van der Waals surface area contributed by atoms with Gasteiger partial charge in [0.25, 0.3) is 11.8 Å². The van der Waals surface area contributed by atoms with E-state index in [4.69, 9.17) is 4.74 Å². The number of carbonyl (C=O) groups excluding carboxylic acids is 3. The average Bonchev–Trinajstić information content (AvgIpc) is 2.97. The molecule has 11 heteroatoms. The summed E-state index contributed by atoms with van der Waals surface area (Å²) in [6, 6.07) is 17.1. The number of halogens is 1. The fourth-order valence-electron chi connectivity index (χ4n) is 4.74. The van der Waals surface area contributed by atoms with Crippen LogP contribution in [0.2, 0.25) is 0 Å². The minimum Gasteiger partial charge on any atom is -0.497 e. The number of carboxylic acids is 1. The van der Waals surface area contributed by atoms with Gasteiger partial charge in [0, 0.05) is 24.3 Å². The van der Waals surface area contributed by atoms with Crippen LogP contribution >= 0.6 is 0 Å². The number of aliphatic carboxylic acids is 1. The molecule has 10 nitrogen and oxygen atoms in total. The lowest BCUT2D eigenvalue weighted by Gasteiger charge is -2.43. The van der Waals surface area contributed by atoms with E-state index < -0.39 is 48.3 Å². The van der Waals surface area contributed by atoms with Gasteiger partial charge in [-0.3, -0.25) is 19.3 Å². The van der Waals surface area contributed by atoms with Crippen LogP contribution in [0.3, 0.4) is 0 Å². The molecule has 3 N–H and O–H groups in total. The summed E-state index contributed by atoms with van der Waals surface area (Å²) in [5, 5.41) is 15.0. The van der Waals surface area contributed by atoms with Crippen LogP contribution in [0, 0.1) is 12.7 Å². The maximum Gasteiger partial charge on any atom is 0.323 e. The minimum absolute atomic E-state index is 0.140. The Hall–Kier alpha value is -4.93. The SMILES string of the molecule is COc1cccc(C(=O)N2CCCN(C(=O)Nc3ccc(F)cc3)C2C(=O)NC(CC(=O)O)c2cccc(C)c2)c1. The third-order valence-electron chi connectivity index (χ3n) is 6.70. The monoisotopic (exact) mass is 562 g/mol. The van der Waals surface area contributed by atoms with E-state index in [-0.39, 0.29) is 18.7 Å².